The van der Waals surface area contributed by atoms with Crippen LogP contribution >= 0.6 is 15.9 Å². The van der Waals surface area contributed by atoms with Crippen molar-refractivity contribution in [3.8, 4) is 0 Å². The van der Waals surface area contributed by atoms with Gasteiger partial charge in [-0.05, 0) is 108 Å². The van der Waals surface area contributed by atoms with Crippen molar-refractivity contribution in [3.63, 3.8) is 0 Å². The lowest BCUT2D eigenvalue weighted by Crippen LogP contribution is -2.64. The number of aliphatic hydroxyl groups excluding tert-OH is 1. The minimum atomic E-state index is -2.52. The summed E-state index contributed by atoms with van der Waals surface area (Å²) in [6.45, 7) is 11.1. The van der Waals surface area contributed by atoms with Crippen LogP contribution in [0.25, 0.3) is 0 Å². The lowest BCUT2D eigenvalue weighted by atomic mass is 9.81. The molecule has 0 spiro atoms. The van der Waals surface area contributed by atoms with E-state index in [2.05, 4.69) is 15.9 Å². The van der Waals surface area contributed by atoms with E-state index >= 15 is 0 Å². The summed E-state index contributed by atoms with van der Waals surface area (Å²) < 4.78 is 37.2. The summed E-state index contributed by atoms with van der Waals surface area (Å²) in [6, 6.07) is 6.00. The maximum atomic E-state index is 14.5. The molecule has 14 nitrogen and oxygen atoms in total. The van der Waals surface area contributed by atoms with E-state index in [1.165, 1.54) is 19.1 Å². The molecule has 3 heterocycles. The summed E-state index contributed by atoms with van der Waals surface area (Å²) in [6.07, 6.45) is 3.81. The number of ether oxygens (including phenoxy) is 6. The molecule has 1 aliphatic carbocycles. The fourth-order valence-corrected chi connectivity index (χ4v) is 10.9. The number of nitrogens with zero attached hydrogens (tertiary/aromatic N) is 1. The Hall–Kier alpha value is -3.15. The molecule has 5 rings (SSSR count). The van der Waals surface area contributed by atoms with Crippen molar-refractivity contribution in [2.45, 2.75) is 167 Å². The number of piperidine rings is 1. The molecule has 1 amide bonds. The Morgan fingerprint density at radius 2 is 1.64 bits per heavy atom. The van der Waals surface area contributed by atoms with Gasteiger partial charge in [0.2, 0.25) is 5.79 Å². The van der Waals surface area contributed by atoms with Crippen LogP contribution < -0.4 is 0 Å². The van der Waals surface area contributed by atoms with Gasteiger partial charge in [-0.1, -0.05) is 73.5 Å². The summed E-state index contributed by atoms with van der Waals surface area (Å²) in [4.78, 5) is 71.3. The monoisotopic (exact) mass is 987 g/mol. The van der Waals surface area contributed by atoms with Crippen LogP contribution in [0.15, 0.2) is 52.0 Å². The summed E-state index contributed by atoms with van der Waals surface area (Å²) in [5.41, 5.74) is 2.18. The highest BCUT2D eigenvalue weighted by Crippen LogP contribution is 2.39. The molecule has 0 radical (unpaired) electrons. The average molecular weight is 989 g/mol. The van der Waals surface area contributed by atoms with Crippen LogP contribution in [0.2, 0.25) is 0 Å². The molecule has 2 N–H and O–H groups in total. The van der Waals surface area contributed by atoms with Crippen LogP contribution in [-0.4, -0.2) is 133 Å². The van der Waals surface area contributed by atoms with Gasteiger partial charge < -0.3 is 43.5 Å². The lowest BCUT2D eigenvalue weighted by Gasteiger charge is -2.47. The standard InChI is InChI=1S/C51H74BrNO13/c1-10-35-21-29(2)20-30(3)22-44(62-8)47-45(63-9)24-32(5)51(60,66-47)48(57)49(58)53-19-12-11-16-38(53)50(59)65-46(33(6)39(54)27-40(35)55)31(4)23-34-17-18-42(43(25-34)61-7)64-28-41(56)36-14-13-15-37(52)26-36/h13-15,21,23,26,30,32-35,38-39,42-47,54,60H,10-12,16-20,22,24-25,27-28H2,1-9H3/b29-21+,31-23?. The first-order valence-corrected chi connectivity index (χ1v) is 24.7. The van der Waals surface area contributed by atoms with Gasteiger partial charge in [-0.3, -0.25) is 19.2 Å². The minimum absolute atomic E-state index is 0.0191. The Balaban J connectivity index is 1.45. The van der Waals surface area contributed by atoms with Gasteiger partial charge in [-0.15, -0.1) is 0 Å². The van der Waals surface area contributed by atoms with Crippen LogP contribution in [0, 0.1) is 29.6 Å². The van der Waals surface area contributed by atoms with Crippen molar-refractivity contribution in [2.24, 2.45) is 29.6 Å². The number of halogens is 1. The molecular weight excluding hydrogens is 914 g/mol. The first kappa shape index (κ1) is 53.8. The number of ketones is 3. The number of amides is 1. The molecule has 3 aliphatic heterocycles. The predicted molar refractivity (Wildman–Crippen MR) is 250 cm³/mol. The normalized spacial score (nSPS) is 37.0. The Kier molecular flexibility index (Phi) is 19.9. The highest BCUT2D eigenvalue weighted by atomic mass is 79.9. The second-order valence-corrected chi connectivity index (χ2v) is 20.3. The van der Waals surface area contributed by atoms with Crippen LogP contribution in [0.4, 0.5) is 0 Å². The van der Waals surface area contributed by atoms with Gasteiger partial charge in [0.15, 0.2) is 5.78 Å². The number of rotatable bonds is 10. The van der Waals surface area contributed by atoms with E-state index in [4.69, 9.17) is 28.4 Å². The van der Waals surface area contributed by atoms with Gasteiger partial charge in [0.1, 0.15) is 30.6 Å². The van der Waals surface area contributed by atoms with Crippen LogP contribution in [-0.2, 0) is 47.6 Å². The van der Waals surface area contributed by atoms with Crippen molar-refractivity contribution in [3.05, 3.63) is 57.6 Å². The van der Waals surface area contributed by atoms with Gasteiger partial charge in [0.25, 0.3) is 11.7 Å². The summed E-state index contributed by atoms with van der Waals surface area (Å²) in [7, 11) is 4.67. The summed E-state index contributed by atoms with van der Waals surface area (Å²) in [5, 5.41) is 24.0. The number of hydrogen-bond acceptors (Lipinski definition) is 13. The van der Waals surface area contributed by atoms with E-state index in [0.29, 0.717) is 62.5 Å². The molecule has 1 aromatic rings. The number of hydrogen-bond donors (Lipinski definition) is 2. The molecule has 15 heteroatoms. The molecule has 1 aromatic carbocycles. The predicted octanol–water partition coefficient (Wildman–Crippen LogP) is 7.14. The molecule has 1 saturated carbocycles. The van der Waals surface area contributed by atoms with Crippen LogP contribution in [0.3, 0.4) is 0 Å². The van der Waals surface area contributed by atoms with Crippen molar-refractivity contribution >= 4 is 45.2 Å². The number of Topliss-reactive ketones (excluding diaryl/α,β-unsaturated/α-hetero) is 3. The summed E-state index contributed by atoms with van der Waals surface area (Å²) >= 11 is 3.41. The Morgan fingerprint density at radius 3 is 2.30 bits per heavy atom. The van der Waals surface area contributed by atoms with E-state index in [9.17, 15) is 34.2 Å². The molecule has 14 unspecified atom stereocenters. The Bertz CT molecular complexity index is 1920. The number of benzene rings is 1. The number of allylic oxidation sites excluding steroid dienone is 3. The fourth-order valence-electron chi connectivity index (χ4n) is 10.5. The third kappa shape index (κ3) is 13.1. The topological polar surface area (TPSA) is 184 Å². The zero-order valence-corrected chi connectivity index (χ0v) is 42.0. The van der Waals surface area contributed by atoms with Crippen LogP contribution in [0.1, 0.15) is 123 Å². The first-order valence-electron chi connectivity index (χ1n) is 23.9. The number of fused-ring (bicyclic) bond motifs is 3. The smallest absolute Gasteiger partial charge is 0.329 e. The maximum Gasteiger partial charge on any atom is 0.329 e. The molecule has 14 atom stereocenters. The van der Waals surface area contributed by atoms with Crippen LogP contribution in [0.5, 0.6) is 0 Å². The zero-order chi connectivity index (χ0) is 48.5. The number of methoxy groups -OCH3 is 3. The second-order valence-electron chi connectivity index (χ2n) is 19.4. The highest BCUT2D eigenvalue weighted by molar-refractivity contribution is 9.10. The van der Waals surface area contributed by atoms with Gasteiger partial charge in [0, 0.05) is 62.1 Å². The van der Waals surface area contributed by atoms with Crippen molar-refractivity contribution in [1.82, 2.24) is 4.90 Å². The maximum absolute atomic E-state index is 14.5. The van der Waals surface area contributed by atoms with Crippen molar-refractivity contribution < 1.29 is 62.6 Å². The molecule has 3 fully saturated rings. The molecule has 66 heavy (non-hydrogen) atoms. The Labute approximate surface area is 399 Å². The highest BCUT2D eigenvalue weighted by Gasteiger charge is 2.56. The number of carbonyl (C=O) groups is 5. The van der Waals surface area contributed by atoms with E-state index in [-0.39, 0.29) is 68.0 Å². The van der Waals surface area contributed by atoms with E-state index in [1.807, 2.05) is 45.9 Å². The van der Waals surface area contributed by atoms with E-state index in [0.717, 1.165) is 10.0 Å². The second kappa shape index (κ2) is 24.4. The quantitative estimate of drug-likeness (QED) is 0.104. The number of cyclic esters (lactones) is 1. The van der Waals surface area contributed by atoms with Gasteiger partial charge in [-0.25, -0.2) is 4.79 Å². The van der Waals surface area contributed by atoms with Crippen molar-refractivity contribution in [1.29, 1.82) is 0 Å². The third-order valence-corrected chi connectivity index (χ3v) is 14.9. The SMILES string of the molecule is CCC1/C=C(\C)CC(C)CC(OC)C2OC(O)(C(=O)C(=O)N3CCCCC3C(=O)OC(C(C)=CC3CCC(OCC(=O)c4cccc(Br)c4)C(OC)C3)C(C)C(O)CC1=O)C(C)CC2OC. The average Bonchev–Trinajstić information content (AvgIpc) is 3.30. The number of esters is 1. The molecule has 2 bridgehead atoms. The molecule has 4 aliphatic rings. The molecule has 2 saturated heterocycles. The molecule has 368 valence electrons. The fraction of sp³-hybridized carbons (Fsp3) is 0.706. The van der Waals surface area contributed by atoms with Crippen molar-refractivity contribution in [2.75, 3.05) is 34.5 Å². The Morgan fingerprint density at radius 1 is 0.939 bits per heavy atom. The third-order valence-electron chi connectivity index (χ3n) is 14.4. The largest absolute Gasteiger partial charge is 0.456 e. The van der Waals surface area contributed by atoms with E-state index < -0.39 is 77.8 Å². The number of aliphatic hydroxyl groups is 2. The van der Waals surface area contributed by atoms with Gasteiger partial charge in [-0.2, -0.15) is 0 Å². The minimum Gasteiger partial charge on any atom is -0.456 e. The zero-order valence-electron chi connectivity index (χ0n) is 40.4. The molecular formula is C51H74BrNO13. The van der Waals surface area contributed by atoms with Gasteiger partial charge in [0.05, 0.1) is 30.5 Å². The first-order chi connectivity index (χ1) is 31.3. The van der Waals surface area contributed by atoms with E-state index in [1.54, 1.807) is 39.2 Å². The number of carbonyl (C=O) groups excluding carboxylic acids is 5. The molecule has 0 aromatic heterocycles. The van der Waals surface area contributed by atoms with Gasteiger partial charge >= 0.3 is 5.97 Å². The lowest BCUT2D eigenvalue weighted by molar-refractivity contribution is -0.302. The summed E-state index contributed by atoms with van der Waals surface area (Å²) in [5.74, 6) is -7.86.